The van der Waals surface area contributed by atoms with Gasteiger partial charge in [0.05, 0.1) is 0 Å². The number of nitrogens with one attached hydrogen (secondary N) is 2. The smallest absolute Gasteiger partial charge is 0.356 e. The van der Waals surface area contributed by atoms with Crippen LogP contribution in [0.3, 0.4) is 0 Å². The van der Waals surface area contributed by atoms with Crippen molar-refractivity contribution in [3.05, 3.63) is 65.7 Å². The molecule has 0 unspecified atom stereocenters. The van der Waals surface area contributed by atoms with Crippen LogP contribution < -0.4 is 15.4 Å². The Hall–Kier alpha value is -4.61. The van der Waals surface area contributed by atoms with Gasteiger partial charge in [0.1, 0.15) is 18.3 Å². The van der Waals surface area contributed by atoms with E-state index in [4.69, 9.17) is 14.9 Å². The maximum Gasteiger partial charge on any atom is 0.356 e. The predicted octanol–water partition coefficient (Wildman–Crippen LogP) is 2.12. The van der Waals surface area contributed by atoms with Gasteiger partial charge < -0.3 is 35.6 Å². The molecule has 0 saturated carbocycles. The Morgan fingerprint density at radius 3 is 2.08 bits per heavy atom. The lowest BCUT2D eigenvalue weighted by Gasteiger charge is -2.25. The highest BCUT2D eigenvalue weighted by molar-refractivity contribution is 5.96. The first-order chi connectivity index (χ1) is 18.6. The molecule has 0 saturated heterocycles. The number of ether oxygens (including phenoxy) is 1. The first-order valence-corrected chi connectivity index (χ1v) is 12.4. The second kappa shape index (κ2) is 15.6. The van der Waals surface area contributed by atoms with Gasteiger partial charge in [-0.3, -0.25) is 9.59 Å². The molecule has 210 valence electrons. The second-order valence-electron chi connectivity index (χ2n) is 8.76. The summed E-state index contributed by atoms with van der Waals surface area (Å²) in [5.74, 6) is -4.98. The first-order valence-electron chi connectivity index (χ1n) is 12.4. The van der Waals surface area contributed by atoms with E-state index in [0.717, 1.165) is 24.2 Å². The summed E-state index contributed by atoms with van der Waals surface area (Å²) in [6.07, 6.45) is 0.567. The van der Waals surface area contributed by atoms with Crippen LogP contribution in [0.4, 0.5) is 4.79 Å². The maximum absolute atomic E-state index is 13.1. The first kappa shape index (κ1) is 30.6. The molecule has 1 atom stereocenters. The average molecular weight is 544 g/mol. The number of amides is 3. The van der Waals surface area contributed by atoms with Gasteiger partial charge in [0.15, 0.2) is 0 Å². The van der Waals surface area contributed by atoms with Crippen molar-refractivity contribution in [2.75, 3.05) is 13.1 Å². The molecule has 0 aliphatic rings. The number of aliphatic carboxylic acids is 3. The van der Waals surface area contributed by atoms with Crippen molar-refractivity contribution in [2.24, 2.45) is 0 Å². The lowest BCUT2D eigenvalue weighted by atomic mass is 10.0. The largest absolute Gasteiger partial charge is 0.480 e. The van der Waals surface area contributed by atoms with Crippen LogP contribution in [-0.2, 0) is 32.1 Å². The molecule has 0 radical (unpaired) electrons. The van der Waals surface area contributed by atoms with E-state index in [9.17, 15) is 29.1 Å². The van der Waals surface area contributed by atoms with Gasteiger partial charge in [-0.25, -0.2) is 14.4 Å². The minimum absolute atomic E-state index is 0.00588. The Balaban J connectivity index is 2.19. The van der Waals surface area contributed by atoms with Gasteiger partial charge in [0, 0.05) is 19.5 Å². The summed E-state index contributed by atoms with van der Waals surface area (Å²) in [6.45, 7) is 1.87. The molecule has 0 aliphatic carbocycles. The van der Waals surface area contributed by atoms with Crippen molar-refractivity contribution in [3.63, 3.8) is 0 Å². The molecule has 5 N–H and O–H groups in total. The quantitative estimate of drug-likeness (QED) is 0.156. The molecule has 12 heteroatoms. The number of hydrogen-bond donors (Lipinski definition) is 5. The Labute approximate surface area is 225 Å². The number of hydrogen-bond acceptors (Lipinski definition) is 6. The van der Waals surface area contributed by atoms with Crippen molar-refractivity contribution in [3.8, 4) is 5.75 Å². The molecule has 0 aromatic heterocycles. The summed E-state index contributed by atoms with van der Waals surface area (Å²) in [7, 11) is 0. The van der Waals surface area contributed by atoms with Crippen molar-refractivity contribution in [1.82, 2.24) is 15.5 Å². The van der Waals surface area contributed by atoms with Crippen molar-refractivity contribution in [2.45, 2.75) is 51.3 Å². The number of carboxylic acid groups (broad SMARTS) is 3. The molecule has 39 heavy (non-hydrogen) atoms. The molecule has 2 rings (SSSR count). The van der Waals surface area contributed by atoms with Crippen LogP contribution in [0.1, 0.15) is 37.3 Å². The SMILES string of the molecule is CCCCCNC(=O)[C@H](Cc1ccc(OC(C(=O)O)C(=O)O)cc1)NC(=O)N(CC(=O)O)Cc1ccccc1. The van der Waals surface area contributed by atoms with Crippen LogP contribution in [-0.4, -0.2) is 75.3 Å². The van der Waals surface area contributed by atoms with Crippen LogP contribution in [0, 0.1) is 0 Å². The maximum atomic E-state index is 13.1. The monoisotopic (exact) mass is 543 g/mol. The summed E-state index contributed by atoms with van der Waals surface area (Å²) in [5.41, 5.74) is 1.28. The van der Waals surface area contributed by atoms with Crippen LogP contribution in [0.15, 0.2) is 54.6 Å². The topological polar surface area (TPSA) is 183 Å². The van der Waals surface area contributed by atoms with Crippen LogP contribution in [0.5, 0.6) is 5.75 Å². The zero-order chi connectivity index (χ0) is 28.8. The van der Waals surface area contributed by atoms with Gasteiger partial charge >= 0.3 is 23.9 Å². The fourth-order valence-electron chi connectivity index (χ4n) is 3.61. The highest BCUT2D eigenvalue weighted by atomic mass is 16.5. The number of carbonyl (C=O) groups excluding carboxylic acids is 2. The minimum Gasteiger partial charge on any atom is -0.480 e. The van der Waals surface area contributed by atoms with Crippen LogP contribution in [0.25, 0.3) is 0 Å². The van der Waals surface area contributed by atoms with E-state index in [1.54, 1.807) is 30.3 Å². The summed E-state index contributed by atoms with van der Waals surface area (Å²) in [6, 6.07) is 12.8. The molecule has 2 aromatic carbocycles. The second-order valence-corrected chi connectivity index (χ2v) is 8.76. The molecule has 0 fully saturated rings. The zero-order valence-electron chi connectivity index (χ0n) is 21.5. The Kier molecular flexibility index (Phi) is 12.2. The van der Waals surface area contributed by atoms with E-state index in [0.29, 0.717) is 17.7 Å². The number of unbranched alkanes of at least 4 members (excludes halogenated alkanes) is 2. The van der Waals surface area contributed by atoms with E-state index in [1.807, 2.05) is 6.92 Å². The van der Waals surface area contributed by atoms with Crippen molar-refractivity contribution < 1.29 is 44.0 Å². The van der Waals surface area contributed by atoms with Crippen molar-refractivity contribution >= 4 is 29.8 Å². The van der Waals surface area contributed by atoms with Gasteiger partial charge in [0.2, 0.25) is 5.91 Å². The third-order valence-corrected chi connectivity index (χ3v) is 5.59. The molecular formula is C27H33N3O9. The van der Waals surface area contributed by atoms with Crippen LogP contribution >= 0.6 is 0 Å². The highest BCUT2D eigenvalue weighted by Gasteiger charge is 2.28. The lowest BCUT2D eigenvalue weighted by molar-refractivity contribution is -0.159. The number of carboxylic acids is 3. The van der Waals surface area contributed by atoms with E-state index in [2.05, 4.69) is 10.6 Å². The van der Waals surface area contributed by atoms with Gasteiger partial charge in [-0.15, -0.1) is 0 Å². The van der Waals surface area contributed by atoms with E-state index in [-0.39, 0.29) is 18.7 Å². The number of urea groups is 1. The predicted molar refractivity (Wildman–Crippen MR) is 139 cm³/mol. The molecule has 0 aliphatic heterocycles. The average Bonchev–Trinajstić information content (AvgIpc) is 2.89. The Morgan fingerprint density at radius 1 is 0.872 bits per heavy atom. The Morgan fingerprint density at radius 2 is 1.51 bits per heavy atom. The summed E-state index contributed by atoms with van der Waals surface area (Å²) < 4.78 is 5.00. The fourth-order valence-corrected chi connectivity index (χ4v) is 3.61. The fraction of sp³-hybridized carbons (Fsp3) is 0.370. The normalized spacial score (nSPS) is 11.3. The van der Waals surface area contributed by atoms with Gasteiger partial charge in [-0.2, -0.15) is 0 Å². The number of rotatable bonds is 16. The summed E-state index contributed by atoms with van der Waals surface area (Å²) >= 11 is 0. The molecule has 0 heterocycles. The zero-order valence-corrected chi connectivity index (χ0v) is 21.5. The molecule has 0 spiro atoms. The third-order valence-electron chi connectivity index (χ3n) is 5.59. The van der Waals surface area contributed by atoms with E-state index in [1.165, 1.54) is 24.3 Å². The number of carbonyl (C=O) groups is 5. The molecule has 2 aromatic rings. The molecular weight excluding hydrogens is 510 g/mol. The standard InChI is InChI=1S/C27H33N3O9/c1-2-3-7-14-28-24(33)21(15-18-10-12-20(13-11-18)39-23(25(34)35)26(36)37)29-27(38)30(17-22(31)32)16-19-8-5-4-6-9-19/h4-6,8-13,21,23H,2-3,7,14-17H2,1H3,(H,28,33)(H,29,38)(H,31,32)(H,34,35)(H,36,37)/t21-/m0/s1. The van der Waals surface area contributed by atoms with Gasteiger partial charge in [-0.05, 0) is 29.7 Å². The highest BCUT2D eigenvalue weighted by Crippen LogP contribution is 2.16. The number of nitrogens with zero attached hydrogens (tertiary/aromatic N) is 1. The molecule has 0 bridgehead atoms. The van der Waals surface area contributed by atoms with E-state index >= 15 is 0 Å². The number of benzene rings is 2. The van der Waals surface area contributed by atoms with Gasteiger partial charge in [0.25, 0.3) is 6.10 Å². The van der Waals surface area contributed by atoms with Gasteiger partial charge in [-0.1, -0.05) is 62.2 Å². The lowest BCUT2D eigenvalue weighted by Crippen LogP contribution is -2.53. The summed E-state index contributed by atoms with van der Waals surface area (Å²) in [5, 5.41) is 32.7. The third kappa shape index (κ3) is 10.7. The summed E-state index contributed by atoms with van der Waals surface area (Å²) in [4.78, 5) is 60.8. The van der Waals surface area contributed by atoms with Crippen LogP contribution in [0.2, 0.25) is 0 Å². The Bertz CT molecular complexity index is 1110. The van der Waals surface area contributed by atoms with E-state index < -0.39 is 48.5 Å². The molecule has 12 nitrogen and oxygen atoms in total. The molecule has 3 amide bonds. The van der Waals surface area contributed by atoms with Crippen molar-refractivity contribution in [1.29, 1.82) is 0 Å². The minimum atomic E-state index is -2.08.